The van der Waals surface area contributed by atoms with E-state index < -0.39 is 0 Å². The van der Waals surface area contributed by atoms with Crippen LogP contribution >= 0.6 is 0 Å². The monoisotopic (exact) mass is 259 g/mol. The summed E-state index contributed by atoms with van der Waals surface area (Å²) in [6.45, 7) is 4.09. The van der Waals surface area contributed by atoms with Gasteiger partial charge in [-0.05, 0) is 25.0 Å². The van der Waals surface area contributed by atoms with E-state index in [4.69, 9.17) is 4.74 Å². The van der Waals surface area contributed by atoms with Crippen LogP contribution in [0.1, 0.15) is 32.1 Å². The lowest BCUT2D eigenvalue weighted by atomic mass is 9.88. The highest BCUT2D eigenvalue weighted by Gasteiger charge is 2.20. The molecule has 1 saturated carbocycles. The van der Waals surface area contributed by atoms with Gasteiger partial charge in [-0.15, -0.1) is 0 Å². The van der Waals surface area contributed by atoms with E-state index in [0.29, 0.717) is 6.61 Å². The molecule has 0 spiro atoms. The number of anilines is 1. The molecule has 0 unspecified atom stereocenters. The van der Waals surface area contributed by atoms with Crippen LogP contribution in [0.5, 0.6) is 5.75 Å². The largest absolute Gasteiger partial charge is 0.489 e. The highest BCUT2D eigenvalue weighted by atomic mass is 16.5. The molecule has 0 atom stereocenters. The van der Waals surface area contributed by atoms with Gasteiger partial charge in [-0.1, -0.05) is 38.0 Å². The van der Waals surface area contributed by atoms with E-state index >= 15 is 0 Å². The van der Waals surface area contributed by atoms with Crippen molar-refractivity contribution in [2.45, 2.75) is 32.1 Å². The van der Waals surface area contributed by atoms with Gasteiger partial charge in [0.25, 0.3) is 0 Å². The van der Waals surface area contributed by atoms with Crippen LogP contribution in [-0.2, 0) is 4.79 Å². The van der Waals surface area contributed by atoms with Crippen molar-refractivity contribution >= 4 is 11.6 Å². The molecule has 1 N–H and O–H groups in total. The van der Waals surface area contributed by atoms with Crippen LogP contribution < -0.4 is 10.1 Å². The first-order valence-electron chi connectivity index (χ1n) is 6.94. The Balaban J connectivity index is 1.93. The number of amides is 1. The lowest BCUT2D eigenvalue weighted by Crippen LogP contribution is -2.24. The third-order valence-electron chi connectivity index (χ3n) is 3.45. The number of nitrogens with one attached hydrogen (secondary N) is 1. The Bertz CT molecular complexity index is 436. The molecule has 1 aliphatic carbocycles. The summed E-state index contributed by atoms with van der Waals surface area (Å²) in [5.74, 6) is 1.06. The molecule has 0 bridgehead atoms. The molecule has 2 rings (SSSR count). The second-order valence-corrected chi connectivity index (χ2v) is 4.95. The van der Waals surface area contributed by atoms with Crippen LogP contribution in [-0.4, -0.2) is 12.5 Å². The smallest absolute Gasteiger partial charge is 0.227 e. The fourth-order valence-corrected chi connectivity index (χ4v) is 2.43. The van der Waals surface area contributed by atoms with Crippen LogP contribution in [0.2, 0.25) is 0 Å². The Hall–Kier alpha value is -1.77. The van der Waals surface area contributed by atoms with Crippen LogP contribution in [0.4, 0.5) is 5.69 Å². The number of ether oxygens (including phenoxy) is 1. The maximum atomic E-state index is 12.1. The Labute approximate surface area is 114 Å². The van der Waals surface area contributed by atoms with Crippen molar-refractivity contribution in [3.05, 3.63) is 36.9 Å². The zero-order valence-electron chi connectivity index (χ0n) is 11.2. The van der Waals surface area contributed by atoms with Gasteiger partial charge in [-0.3, -0.25) is 4.79 Å². The summed E-state index contributed by atoms with van der Waals surface area (Å²) in [7, 11) is 0. The molecule has 0 heterocycles. The van der Waals surface area contributed by atoms with Gasteiger partial charge in [-0.2, -0.15) is 0 Å². The third kappa shape index (κ3) is 4.12. The minimum absolute atomic E-state index is 0.139. The molecule has 3 heteroatoms. The van der Waals surface area contributed by atoms with Gasteiger partial charge in [0, 0.05) is 17.7 Å². The topological polar surface area (TPSA) is 38.3 Å². The van der Waals surface area contributed by atoms with Crippen molar-refractivity contribution in [2.75, 3.05) is 11.9 Å². The number of rotatable bonds is 5. The molecule has 0 saturated heterocycles. The predicted molar refractivity (Wildman–Crippen MR) is 77.3 cm³/mol. The Morgan fingerprint density at radius 2 is 2.16 bits per heavy atom. The summed E-state index contributed by atoms with van der Waals surface area (Å²) in [6, 6.07) is 7.50. The highest BCUT2D eigenvalue weighted by Crippen LogP contribution is 2.25. The SMILES string of the molecule is C=CCOc1cccc(NC(=O)C2CCCCC2)c1. The Kier molecular flexibility index (Phi) is 5.01. The van der Waals surface area contributed by atoms with E-state index in [9.17, 15) is 4.79 Å². The van der Waals surface area contributed by atoms with Gasteiger partial charge in [0.05, 0.1) is 0 Å². The van der Waals surface area contributed by atoms with Crippen molar-refractivity contribution in [3.63, 3.8) is 0 Å². The van der Waals surface area contributed by atoms with E-state index in [-0.39, 0.29) is 11.8 Å². The van der Waals surface area contributed by atoms with E-state index in [1.165, 1.54) is 19.3 Å². The van der Waals surface area contributed by atoms with Crippen LogP contribution in [0.15, 0.2) is 36.9 Å². The zero-order valence-corrected chi connectivity index (χ0v) is 11.2. The second-order valence-electron chi connectivity index (χ2n) is 4.95. The lowest BCUT2D eigenvalue weighted by Gasteiger charge is -2.20. The summed E-state index contributed by atoms with van der Waals surface area (Å²) < 4.78 is 5.45. The molecule has 1 amide bonds. The highest BCUT2D eigenvalue weighted by molar-refractivity contribution is 5.92. The Morgan fingerprint density at radius 3 is 2.89 bits per heavy atom. The van der Waals surface area contributed by atoms with Gasteiger partial charge in [0.2, 0.25) is 5.91 Å². The molecule has 1 aromatic rings. The maximum absolute atomic E-state index is 12.1. The standard InChI is InChI=1S/C16H21NO2/c1-2-11-19-15-10-6-9-14(12-15)17-16(18)13-7-4-3-5-8-13/h2,6,9-10,12-13H,1,3-5,7-8,11H2,(H,17,18). The first-order chi connectivity index (χ1) is 9.29. The second kappa shape index (κ2) is 6.98. The van der Waals surface area contributed by atoms with Crippen molar-refractivity contribution in [1.82, 2.24) is 0 Å². The predicted octanol–water partition coefficient (Wildman–Crippen LogP) is 3.77. The van der Waals surface area contributed by atoms with Gasteiger partial charge >= 0.3 is 0 Å². The number of benzene rings is 1. The molecule has 1 fully saturated rings. The molecule has 3 nitrogen and oxygen atoms in total. The summed E-state index contributed by atoms with van der Waals surface area (Å²) in [4.78, 5) is 12.1. The number of carbonyl (C=O) groups is 1. The average Bonchev–Trinajstić information content (AvgIpc) is 2.46. The molecule has 102 valence electrons. The fraction of sp³-hybridized carbons (Fsp3) is 0.438. The van der Waals surface area contributed by atoms with Crippen molar-refractivity contribution < 1.29 is 9.53 Å². The van der Waals surface area contributed by atoms with Crippen molar-refractivity contribution in [2.24, 2.45) is 5.92 Å². The molecule has 1 aliphatic rings. The van der Waals surface area contributed by atoms with Gasteiger partial charge in [0.15, 0.2) is 0 Å². The molecule has 19 heavy (non-hydrogen) atoms. The van der Waals surface area contributed by atoms with Crippen molar-refractivity contribution in [3.8, 4) is 5.75 Å². The van der Waals surface area contributed by atoms with Crippen LogP contribution in [0.25, 0.3) is 0 Å². The van der Waals surface area contributed by atoms with E-state index in [1.54, 1.807) is 6.08 Å². The molecule has 0 radical (unpaired) electrons. The van der Waals surface area contributed by atoms with Crippen LogP contribution in [0.3, 0.4) is 0 Å². The maximum Gasteiger partial charge on any atom is 0.227 e. The van der Waals surface area contributed by atoms with E-state index in [0.717, 1.165) is 24.3 Å². The normalized spacial score (nSPS) is 15.8. The van der Waals surface area contributed by atoms with Gasteiger partial charge in [-0.25, -0.2) is 0 Å². The summed E-state index contributed by atoms with van der Waals surface area (Å²) in [5, 5.41) is 2.98. The van der Waals surface area contributed by atoms with E-state index in [1.807, 2.05) is 24.3 Å². The molecule has 0 aromatic heterocycles. The molecular weight excluding hydrogens is 238 g/mol. The zero-order chi connectivity index (χ0) is 13.5. The first kappa shape index (κ1) is 13.7. The lowest BCUT2D eigenvalue weighted by molar-refractivity contribution is -0.120. The third-order valence-corrected chi connectivity index (χ3v) is 3.45. The Morgan fingerprint density at radius 1 is 1.37 bits per heavy atom. The molecule has 1 aromatic carbocycles. The average molecular weight is 259 g/mol. The fourth-order valence-electron chi connectivity index (χ4n) is 2.43. The summed E-state index contributed by atoms with van der Waals surface area (Å²) in [5.41, 5.74) is 0.803. The number of hydrogen-bond donors (Lipinski definition) is 1. The van der Waals surface area contributed by atoms with Gasteiger partial charge < -0.3 is 10.1 Å². The molecule has 0 aliphatic heterocycles. The number of carbonyl (C=O) groups excluding carboxylic acids is 1. The quantitative estimate of drug-likeness (QED) is 0.817. The van der Waals surface area contributed by atoms with Gasteiger partial charge in [0.1, 0.15) is 12.4 Å². The van der Waals surface area contributed by atoms with E-state index in [2.05, 4.69) is 11.9 Å². The number of hydrogen-bond acceptors (Lipinski definition) is 2. The minimum Gasteiger partial charge on any atom is -0.489 e. The first-order valence-corrected chi connectivity index (χ1v) is 6.94. The van der Waals surface area contributed by atoms with Crippen LogP contribution in [0, 0.1) is 5.92 Å². The molecular formula is C16H21NO2. The minimum atomic E-state index is 0.139. The summed E-state index contributed by atoms with van der Waals surface area (Å²) in [6.07, 6.45) is 7.32. The summed E-state index contributed by atoms with van der Waals surface area (Å²) >= 11 is 0. The van der Waals surface area contributed by atoms with Crippen molar-refractivity contribution in [1.29, 1.82) is 0 Å².